The van der Waals surface area contributed by atoms with Crippen molar-refractivity contribution in [1.82, 2.24) is 0 Å². The Kier molecular flexibility index (Phi) is 4.52. The number of halogens is 1. The molecule has 1 unspecified atom stereocenters. The van der Waals surface area contributed by atoms with Crippen LogP contribution in [-0.4, -0.2) is 13.1 Å². The van der Waals surface area contributed by atoms with E-state index in [1.165, 1.54) is 18.4 Å². The summed E-state index contributed by atoms with van der Waals surface area (Å²) in [5.74, 6) is -0.420. The van der Waals surface area contributed by atoms with Crippen molar-refractivity contribution in [3.05, 3.63) is 45.1 Å². The molecule has 0 saturated carbocycles. The fourth-order valence-electron chi connectivity index (χ4n) is 1.83. The Morgan fingerprint density at radius 1 is 1.40 bits per heavy atom. The van der Waals surface area contributed by atoms with Gasteiger partial charge in [0.2, 0.25) is 0 Å². The summed E-state index contributed by atoms with van der Waals surface area (Å²) < 4.78 is 5.51. The molecular weight excluding hydrogens is 296 g/mol. The number of methoxy groups -OCH3 is 1. The van der Waals surface area contributed by atoms with Crippen LogP contribution in [0.2, 0.25) is 4.34 Å². The lowest BCUT2D eigenvalue weighted by Gasteiger charge is -2.16. The number of carbonyl (C=O) groups excluding carboxylic acids is 1. The Bertz CT molecular complexity index is 627. The highest BCUT2D eigenvalue weighted by molar-refractivity contribution is 7.16. The van der Waals surface area contributed by atoms with Crippen LogP contribution in [0.5, 0.6) is 0 Å². The molecule has 0 aliphatic rings. The predicted molar refractivity (Wildman–Crippen MR) is 83.6 cm³/mol. The third-order valence-corrected chi connectivity index (χ3v) is 4.26. The van der Waals surface area contributed by atoms with Crippen LogP contribution in [0.3, 0.4) is 0 Å². The third kappa shape index (κ3) is 3.23. The zero-order chi connectivity index (χ0) is 14.7. The normalized spacial score (nSPS) is 11.9. The minimum absolute atomic E-state index is 0.0273. The van der Waals surface area contributed by atoms with Crippen molar-refractivity contribution in [2.75, 3.05) is 18.2 Å². The molecule has 106 valence electrons. The number of anilines is 2. The van der Waals surface area contributed by atoms with E-state index >= 15 is 0 Å². The van der Waals surface area contributed by atoms with Crippen LogP contribution in [0, 0.1) is 0 Å². The summed E-state index contributed by atoms with van der Waals surface area (Å²) >= 11 is 7.43. The van der Waals surface area contributed by atoms with Crippen LogP contribution < -0.4 is 11.1 Å². The van der Waals surface area contributed by atoms with Crippen LogP contribution >= 0.6 is 22.9 Å². The van der Waals surface area contributed by atoms with E-state index in [-0.39, 0.29) is 6.04 Å². The van der Waals surface area contributed by atoms with Crippen LogP contribution in [0.15, 0.2) is 30.3 Å². The Hall–Kier alpha value is -1.72. The smallest absolute Gasteiger partial charge is 0.340 e. The average Bonchev–Trinajstić information content (AvgIpc) is 2.86. The van der Waals surface area contributed by atoms with E-state index in [4.69, 9.17) is 22.1 Å². The van der Waals surface area contributed by atoms with Crippen LogP contribution in [0.4, 0.5) is 11.4 Å². The first-order valence-electron chi connectivity index (χ1n) is 6.01. The maximum atomic E-state index is 11.8. The molecule has 1 atom stereocenters. The molecular formula is C14H15ClN2O2S. The number of nitrogens with two attached hydrogens (primary N) is 1. The Morgan fingerprint density at radius 2 is 2.15 bits per heavy atom. The maximum absolute atomic E-state index is 11.8. The van der Waals surface area contributed by atoms with E-state index in [0.717, 1.165) is 9.21 Å². The van der Waals surface area contributed by atoms with Crippen molar-refractivity contribution in [1.29, 1.82) is 0 Å². The van der Waals surface area contributed by atoms with Gasteiger partial charge in [-0.05, 0) is 37.3 Å². The number of carbonyl (C=O) groups is 1. The van der Waals surface area contributed by atoms with E-state index in [9.17, 15) is 4.79 Å². The van der Waals surface area contributed by atoms with Gasteiger partial charge >= 0.3 is 5.97 Å². The second kappa shape index (κ2) is 6.15. The average molecular weight is 311 g/mol. The second-order valence-corrected chi connectivity index (χ2v) is 6.05. The number of benzene rings is 1. The lowest BCUT2D eigenvalue weighted by Crippen LogP contribution is -2.11. The predicted octanol–water partition coefficient (Wildman–Crippen LogP) is 3.94. The Labute approximate surface area is 126 Å². The molecule has 3 N–H and O–H groups in total. The number of rotatable bonds is 4. The first-order chi connectivity index (χ1) is 9.51. The first-order valence-corrected chi connectivity index (χ1v) is 7.20. The van der Waals surface area contributed by atoms with Gasteiger partial charge in [-0.15, -0.1) is 11.3 Å². The fraction of sp³-hybridized carbons (Fsp3) is 0.214. The molecule has 20 heavy (non-hydrogen) atoms. The summed E-state index contributed by atoms with van der Waals surface area (Å²) in [5.41, 5.74) is 7.33. The van der Waals surface area contributed by atoms with Gasteiger partial charge in [0, 0.05) is 16.3 Å². The fourth-order valence-corrected chi connectivity index (χ4v) is 2.90. The summed E-state index contributed by atoms with van der Waals surface area (Å²) in [7, 11) is 1.35. The molecule has 0 bridgehead atoms. The van der Waals surface area contributed by atoms with Gasteiger partial charge in [-0.2, -0.15) is 0 Å². The second-order valence-electron chi connectivity index (χ2n) is 4.30. The highest BCUT2D eigenvalue weighted by Gasteiger charge is 2.15. The topological polar surface area (TPSA) is 64.3 Å². The number of esters is 1. The van der Waals surface area contributed by atoms with Crippen molar-refractivity contribution in [2.45, 2.75) is 13.0 Å². The zero-order valence-corrected chi connectivity index (χ0v) is 12.7. The maximum Gasteiger partial charge on any atom is 0.340 e. The van der Waals surface area contributed by atoms with E-state index in [1.807, 2.05) is 19.1 Å². The number of nitrogen functional groups attached to an aromatic ring is 1. The molecule has 0 saturated heterocycles. The SMILES string of the molecule is COC(=O)c1cc(N)ccc1NC(C)c1ccc(Cl)s1. The van der Waals surface area contributed by atoms with Gasteiger partial charge in [0.1, 0.15) is 0 Å². The quantitative estimate of drug-likeness (QED) is 0.663. The van der Waals surface area contributed by atoms with Gasteiger partial charge in [-0.25, -0.2) is 4.79 Å². The van der Waals surface area contributed by atoms with E-state index in [2.05, 4.69) is 5.32 Å². The van der Waals surface area contributed by atoms with Crippen LogP contribution in [-0.2, 0) is 4.74 Å². The van der Waals surface area contributed by atoms with E-state index in [0.29, 0.717) is 16.9 Å². The van der Waals surface area contributed by atoms with Crippen molar-refractivity contribution < 1.29 is 9.53 Å². The monoisotopic (exact) mass is 310 g/mol. The van der Waals surface area contributed by atoms with Crippen molar-refractivity contribution in [2.24, 2.45) is 0 Å². The van der Waals surface area contributed by atoms with E-state index < -0.39 is 5.97 Å². The van der Waals surface area contributed by atoms with Crippen LogP contribution in [0.25, 0.3) is 0 Å². The summed E-state index contributed by atoms with van der Waals surface area (Å²) in [6.45, 7) is 2.00. The number of nitrogens with one attached hydrogen (secondary N) is 1. The van der Waals surface area contributed by atoms with E-state index in [1.54, 1.807) is 18.2 Å². The summed E-state index contributed by atoms with van der Waals surface area (Å²) in [4.78, 5) is 12.9. The Morgan fingerprint density at radius 3 is 2.75 bits per heavy atom. The minimum atomic E-state index is -0.420. The lowest BCUT2D eigenvalue weighted by molar-refractivity contribution is 0.0602. The first kappa shape index (κ1) is 14.7. The van der Waals surface area contributed by atoms with Crippen molar-refractivity contribution in [3.8, 4) is 0 Å². The molecule has 6 heteroatoms. The number of ether oxygens (including phenoxy) is 1. The molecule has 0 aliphatic carbocycles. The van der Waals surface area contributed by atoms with Crippen molar-refractivity contribution in [3.63, 3.8) is 0 Å². The molecule has 0 aliphatic heterocycles. The molecule has 1 aromatic carbocycles. The molecule has 0 spiro atoms. The molecule has 1 aromatic heterocycles. The lowest BCUT2D eigenvalue weighted by atomic mass is 10.1. The van der Waals surface area contributed by atoms with Gasteiger partial charge in [0.15, 0.2) is 0 Å². The highest BCUT2D eigenvalue weighted by atomic mass is 35.5. The van der Waals surface area contributed by atoms with Gasteiger partial charge in [-0.3, -0.25) is 0 Å². The molecule has 0 fully saturated rings. The largest absolute Gasteiger partial charge is 0.465 e. The molecule has 2 aromatic rings. The van der Waals surface area contributed by atoms with Crippen LogP contribution in [0.1, 0.15) is 28.2 Å². The highest BCUT2D eigenvalue weighted by Crippen LogP contribution is 2.30. The number of hydrogen-bond donors (Lipinski definition) is 2. The minimum Gasteiger partial charge on any atom is -0.465 e. The molecule has 2 rings (SSSR count). The molecule has 1 heterocycles. The standard InChI is InChI=1S/C14H15ClN2O2S/c1-8(12-5-6-13(15)20-12)17-11-4-3-9(16)7-10(11)14(18)19-2/h3-8,17H,16H2,1-2H3. The van der Waals surface area contributed by atoms with Gasteiger partial charge < -0.3 is 15.8 Å². The summed E-state index contributed by atoms with van der Waals surface area (Å²) in [5, 5.41) is 3.28. The number of thiophene rings is 1. The number of hydrogen-bond acceptors (Lipinski definition) is 5. The third-order valence-electron chi connectivity index (χ3n) is 2.84. The molecule has 4 nitrogen and oxygen atoms in total. The summed E-state index contributed by atoms with van der Waals surface area (Å²) in [6, 6.07) is 8.95. The molecule has 0 radical (unpaired) electrons. The van der Waals surface area contributed by atoms with Gasteiger partial charge in [0.05, 0.1) is 23.1 Å². The Balaban J connectivity index is 2.26. The molecule has 0 amide bonds. The zero-order valence-electron chi connectivity index (χ0n) is 11.1. The van der Waals surface area contributed by atoms with Gasteiger partial charge in [-0.1, -0.05) is 11.6 Å². The summed E-state index contributed by atoms with van der Waals surface area (Å²) in [6.07, 6.45) is 0. The van der Waals surface area contributed by atoms with Crippen molar-refractivity contribution >= 4 is 40.3 Å². The van der Waals surface area contributed by atoms with Gasteiger partial charge in [0.25, 0.3) is 0 Å².